The molecular formula is C12H11LiN2O2. The van der Waals surface area contributed by atoms with Crippen molar-refractivity contribution in [3.8, 4) is 22.9 Å². The Hall–Kier alpha value is -1.50. The molecule has 2 heterocycles. The number of aromatic nitrogens is 2. The van der Waals surface area contributed by atoms with E-state index in [4.69, 9.17) is 9.47 Å². The van der Waals surface area contributed by atoms with Crippen LogP contribution in [0.25, 0.3) is 11.4 Å². The van der Waals surface area contributed by atoms with Crippen molar-refractivity contribution in [3.63, 3.8) is 0 Å². The fourth-order valence-electron chi connectivity index (χ4n) is 1.41. The summed E-state index contributed by atoms with van der Waals surface area (Å²) in [6.45, 7) is 0. The third-order valence-electron chi connectivity index (χ3n) is 2.13. The molecule has 82 valence electrons. The van der Waals surface area contributed by atoms with Crippen molar-refractivity contribution in [2.75, 3.05) is 14.2 Å². The van der Waals surface area contributed by atoms with Crippen molar-refractivity contribution < 1.29 is 28.3 Å². The first-order valence-electron chi connectivity index (χ1n) is 4.77. The first kappa shape index (κ1) is 13.6. The molecule has 2 aromatic heterocycles. The Labute approximate surface area is 112 Å². The van der Waals surface area contributed by atoms with Crippen LogP contribution in [0.15, 0.2) is 30.6 Å². The van der Waals surface area contributed by atoms with Gasteiger partial charge in [0.1, 0.15) is 0 Å². The van der Waals surface area contributed by atoms with Gasteiger partial charge in [-0.15, -0.1) is 0 Å². The van der Waals surface area contributed by atoms with Crippen LogP contribution in [0, 0.1) is 6.07 Å². The maximum Gasteiger partial charge on any atom is 1.00 e. The Morgan fingerprint density at radius 2 is 1.94 bits per heavy atom. The van der Waals surface area contributed by atoms with Crippen molar-refractivity contribution in [3.05, 3.63) is 36.7 Å². The summed E-state index contributed by atoms with van der Waals surface area (Å²) < 4.78 is 10.4. The maximum absolute atomic E-state index is 5.26. The van der Waals surface area contributed by atoms with E-state index in [9.17, 15) is 0 Å². The summed E-state index contributed by atoms with van der Waals surface area (Å²) in [6.07, 6.45) is 3.25. The van der Waals surface area contributed by atoms with Crippen LogP contribution in [0.4, 0.5) is 0 Å². The maximum atomic E-state index is 5.26. The number of hydrogen-bond donors (Lipinski definition) is 0. The van der Waals surface area contributed by atoms with E-state index in [1.807, 2.05) is 18.2 Å². The summed E-state index contributed by atoms with van der Waals surface area (Å²) in [5.74, 6) is 1.07. The van der Waals surface area contributed by atoms with Gasteiger partial charge in [0.15, 0.2) is 0 Å². The van der Waals surface area contributed by atoms with Gasteiger partial charge in [0, 0.05) is 17.6 Å². The van der Waals surface area contributed by atoms with Crippen LogP contribution in [-0.2, 0) is 0 Å². The van der Waals surface area contributed by atoms with Gasteiger partial charge in [0.25, 0.3) is 0 Å². The zero-order chi connectivity index (χ0) is 11.4. The predicted molar refractivity (Wildman–Crippen MR) is 59.4 cm³/mol. The first-order valence-corrected chi connectivity index (χ1v) is 4.77. The second-order valence-corrected chi connectivity index (χ2v) is 3.03. The van der Waals surface area contributed by atoms with Crippen LogP contribution < -0.4 is 28.3 Å². The number of rotatable bonds is 3. The Bertz CT molecular complexity index is 477. The molecule has 0 amide bonds. The van der Waals surface area contributed by atoms with Gasteiger partial charge in [-0.2, -0.15) is 6.07 Å². The Balaban J connectivity index is 0.00000144. The fourth-order valence-corrected chi connectivity index (χ4v) is 1.41. The van der Waals surface area contributed by atoms with Crippen LogP contribution in [0.3, 0.4) is 0 Å². The summed E-state index contributed by atoms with van der Waals surface area (Å²) in [4.78, 5) is 8.43. The van der Waals surface area contributed by atoms with E-state index in [0.717, 1.165) is 5.69 Å². The van der Waals surface area contributed by atoms with Gasteiger partial charge in [0.2, 0.25) is 0 Å². The molecule has 0 saturated carbocycles. The molecule has 0 atom stereocenters. The average molecular weight is 222 g/mol. The Morgan fingerprint density at radius 1 is 1.12 bits per heavy atom. The molecule has 0 aliphatic rings. The van der Waals surface area contributed by atoms with Crippen molar-refractivity contribution in [2.24, 2.45) is 0 Å². The molecule has 17 heavy (non-hydrogen) atoms. The minimum atomic E-state index is 0. The van der Waals surface area contributed by atoms with Gasteiger partial charge in [-0.3, -0.25) is 9.97 Å². The van der Waals surface area contributed by atoms with E-state index in [1.54, 1.807) is 26.6 Å². The molecule has 0 fully saturated rings. The number of pyridine rings is 2. The molecule has 0 bridgehead atoms. The molecule has 0 aliphatic heterocycles. The van der Waals surface area contributed by atoms with Crippen molar-refractivity contribution in [1.82, 2.24) is 9.97 Å². The summed E-state index contributed by atoms with van der Waals surface area (Å²) in [7, 11) is 3.14. The van der Waals surface area contributed by atoms with Crippen molar-refractivity contribution in [2.45, 2.75) is 0 Å². The molecule has 0 N–H and O–H groups in total. The quantitative estimate of drug-likeness (QED) is 0.492. The second-order valence-electron chi connectivity index (χ2n) is 3.03. The zero-order valence-corrected chi connectivity index (χ0v) is 10.1. The van der Waals surface area contributed by atoms with E-state index in [2.05, 4.69) is 16.0 Å². The summed E-state index contributed by atoms with van der Waals surface area (Å²) in [5.41, 5.74) is 1.39. The van der Waals surface area contributed by atoms with Gasteiger partial charge in [-0.05, 0) is 17.9 Å². The van der Waals surface area contributed by atoms with Gasteiger partial charge in [0.05, 0.1) is 19.9 Å². The van der Waals surface area contributed by atoms with Gasteiger partial charge < -0.3 is 9.47 Å². The summed E-state index contributed by atoms with van der Waals surface area (Å²) in [6, 6.07) is 8.47. The smallest absolute Gasteiger partial charge is 0.576 e. The molecule has 5 heteroatoms. The summed E-state index contributed by atoms with van der Waals surface area (Å²) in [5, 5.41) is 0. The van der Waals surface area contributed by atoms with Crippen LogP contribution in [-0.4, -0.2) is 24.2 Å². The number of methoxy groups -OCH3 is 2. The molecular weight excluding hydrogens is 211 g/mol. The Kier molecular flexibility index (Phi) is 5.01. The standard InChI is InChI=1S/C12H11N2O2.Li/c1-15-10-6-8-14-11(12(10)16-2)9-5-3-4-7-13-9;/h3-5,7-8H,1-2H3;/q-1;+1. The molecule has 4 nitrogen and oxygen atoms in total. The molecule has 2 aromatic rings. The van der Waals surface area contributed by atoms with E-state index >= 15 is 0 Å². The average Bonchev–Trinajstić information content (AvgIpc) is 2.38. The molecule has 2 rings (SSSR count). The topological polar surface area (TPSA) is 44.2 Å². The summed E-state index contributed by atoms with van der Waals surface area (Å²) >= 11 is 0. The predicted octanol–water partition coefficient (Wildman–Crippen LogP) is -1.04. The second kappa shape index (κ2) is 6.29. The van der Waals surface area contributed by atoms with Crippen LogP contribution in [0.2, 0.25) is 0 Å². The number of ether oxygens (including phenoxy) is 2. The van der Waals surface area contributed by atoms with Crippen molar-refractivity contribution in [1.29, 1.82) is 0 Å². The van der Waals surface area contributed by atoms with Crippen LogP contribution in [0.5, 0.6) is 11.5 Å². The van der Waals surface area contributed by atoms with Gasteiger partial charge in [-0.1, -0.05) is 12.3 Å². The monoisotopic (exact) mass is 222 g/mol. The fraction of sp³-hybridized carbons (Fsp3) is 0.167. The molecule has 0 radical (unpaired) electrons. The molecule has 0 saturated heterocycles. The third-order valence-corrected chi connectivity index (χ3v) is 2.13. The molecule has 0 aromatic carbocycles. The first-order chi connectivity index (χ1) is 7.86. The minimum absolute atomic E-state index is 0. The van der Waals surface area contributed by atoms with E-state index in [1.165, 1.54) is 0 Å². The normalized spacial score (nSPS) is 9.29. The zero-order valence-electron chi connectivity index (χ0n) is 10.1. The van der Waals surface area contributed by atoms with E-state index in [-0.39, 0.29) is 18.9 Å². The van der Waals surface area contributed by atoms with E-state index in [0.29, 0.717) is 17.2 Å². The van der Waals surface area contributed by atoms with Gasteiger partial charge >= 0.3 is 18.9 Å². The van der Waals surface area contributed by atoms with Crippen molar-refractivity contribution >= 4 is 0 Å². The third kappa shape index (κ3) is 2.79. The van der Waals surface area contributed by atoms with Crippen LogP contribution in [0.1, 0.15) is 0 Å². The SMILES string of the molecule is COc1[c-]cnc(-c2ccccn2)c1OC.[Li+]. The minimum Gasteiger partial charge on any atom is -0.576 e. The largest absolute Gasteiger partial charge is 1.00 e. The van der Waals surface area contributed by atoms with Crippen LogP contribution >= 0.6 is 0 Å². The number of nitrogens with zero attached hydrogens (tertiary/aromatic N) is 2. The Morgan fingerprint density at radius 3 is 2.53 bits per heavy atom. The molecule has 0 unspecified atom stereocenters. The van der Waals surface area contributed by atoms with Gasteiger partial charge in [-0.25, -0.2) is 0 Å². The van der Waals surface area contributed by atoms with E-state index < -0.39 is 0 Å². The number of hydrogen-bond acceptors (Lipinski definition) is 4. The molecule has 0 spiro atoms. The molecule has 0 aliphatic carbocycles.